The Balaban J connectivity index is 2.55. The van der Waals surface area contributed by atoms with E-state index in [0.717, 1.165) is 24.8 Å². The average molecular weight is 242 g/mol. The Morgan fingerprint density at radius 1 is 1.44 bits per heavy atom. The molecule has 0 aromatic heterocycles. The molecule has 0 atom stereocenters. The van der Waals surface area contributed by atoms with Crippen molar-refractivity contribution < 1.29 is 5.11 Å². The first-order valence-electron chi connectivity index (χ1n) is 5.26. The van der Waals surface area contributed by atoms with Crippen molar-refractivity contribution in [1.29, 1.82) is 0 Å². The molecule has 0 bridgehead atoms. The maximum atomic E-state index is 10.3. The number of nitroso groups, excluding NO2 is 1. The Kier molecular flexibility index (Phi) is 4.44. The maximum Gasteiger partial charge on any atom is 0.126 e. The van der Waals surface area contributed by atoms with E-state index in [2.05, 4.69) is 5.18 Å². The van der Waals surface area contributed by atoms with Gasteiger partial charge in [0.2, 0.25) is 0 Å². The van der Waals surface area contributed by atoms with Gasteiger partial charge in [-0.05, 0) is 56.0 Å². The zero-order valence-electron chi connectivity index (χ0n) is 9.53. The van der Waals surface area contributed by atoms with Gasteiger partial charge in [-0.1, -0.05) is 17.7 Å². The van der Waals surface area contributed by atoms with Gasteiger partial charge in [-0.25, -0.2) is 0 Å². The number of rotatable bonds is 5. The van der Waals surface area contributed by atoms with Crippen LogP contribution in [0, 0.1) is 4.91 Å². The molecule has 0 unspecified atom stereocenters. The van der Waals surface area contributed by atoms with Gasteiger partial charge < -0.3 is 5.11 Å². The molecular weight excluding hydrogens is 226 g/mol. The zero-order valence-corrected chi connectivity index (χ0v) is 10.3. The largest absolute Gasteiger partial charge is 0.390 e. The predicted molar refractivity (Wildman–Crippen MR) is 66.1 cm³/mol. The third kappa shape index (κ3) is 4.29. The highest BCUT2D eigenvalue weighted by atomic mass is 35.5. The Morgan fingerprint density at radius 3 is 2.62 bits per heavy atom. The highest BCUT2D eigenvalue weighted by Crippen LogP contribution is 2.26. The highest BCUT2D eigenvalue weighted by Gasteiger charge is 2.11. The summed E-state index contributed by atoms with van der Waals surface area (Å²) in [5, 5.41) is 12.7. The van der Waals surface area contributed by atoms with Crippen molar-refractivity contribution >= 4 is 17.3 Å². The minimum absolute atomic E-state index is 0.271. The Hall–Kier alpha value is -0.930. The van der Waals surface area contributed by atoms with Crippen molar-refractivity contribution in [2.24, 2.45) is 5.18 Å². The number of aryl methyl sites for hydroxylation is 1. The lowest BCUT2D eigenvalue weighted by atomic mass is 9.99. The number of halogens is 1. The molecule has 0 saturated heterocycles. The first-order chi connectivity index (χ1) is 7.42. The molecule has 88 valence electrons. The molecule has 0 aliphatic carbocycles. The molecule has 1 aromatic carbocycles. The Bertz CT molecular complexity index is 372. The van der Waals surface area contributed by atoms with E-state index in [-0.39, 0.29) is 5.69 Å². The third-order valence-electron chi connectivity index (χ3n) is 2.36. The highest BCUT2D eigenvalue weighted by molar-refractivity contribution is 6.33. The van der Waals surface area contributed by atoms with Crippen LogP contribution in [0.1, 0.15) is 32.3 Å². The van der Waals surface area contributed by atoms with Crippen molar-refractivity contribution in [1.82, 2.24) is 0 Å². The van der Waals surface area contributed by atoms with Crippen LogP contribution in [0.5, 0.6) is 0 Å². The second-order valence-electron chi connectivity index (χ2n) is 4.54. The fraction of sp³-hybridized carbons (Fsp3) is 0.500. The molecule has 16 heavy (non-hydrogen) atoms. The monoisotopic (exact) mass is 241 g/mol. The van der Waals surface area contributed by atoms with E-state index in [1.165, 1.54) is 0 Å². The second-order valence-corrected chi connectivity index (χ2v) is 4.95. The Labute approximate surface area is 100 Å². The quantitative estimate of drug-likeness (QED) is 0.797. The van der Waals surface area contributed by atoms with Gasteiger partial charge in [-0.3, -0.25) is 0 Å². The molecule has 1 rings (SSSR count). The van der Waals surface area contributed by atoms with Crippen molar-refractivity contribution in [3.05, 3.63) is 33.7 Å². The molecular formula is C12H16ClNO2. The van der Waals surface area contributed by atoms with Gasteiger partial charge in [-0.2, -0.15) is 0 Å². The molecule has 0 saturated carbocycles. The normalized spacial score (nSPS) is 11.5. The van der Waals surface area contributed by atoms with Crippen molar-refractivity contribution in [2.75, 3.05) is 0 Å². The first kappa shape index (κ1) is 13.1. The number of nitrogens with zero attached hydrogens (tertiary/aromatic N) is 1. The predicted octanol–water partition coefficient (Wildman–Crippen LogP) is 3.83. The summed E-state index contributed by atoms with van der Waals surface area (Å²) < 4.78 is 0. The fourth-order valence-electron chi connectivity index (χ4n) is 1.51. The standard InChI is InChI=1S/C12H16ClNO2/c1-12(2,15)7-3-4-9-5-6-11(14-16)10(13)8-9/h5-6,8,15H,3-4,7H2,1-2H3. The summed E-state index contributed by atoms with van der Waals surface area (Å²) in [4.78, 5) is 10.3. The van der Waals surface area contributed by atoms with E-state index >= 15 is 0 Å². The molecule has 0 amide bonds. The molecule has 4 heteroatoms. The molecule has 1 aromatic rings. The van der Waals surface area contributed by atoms with Crippen LogP contribution in [0.4, 0.5) is 5.69 Å². The lowest BCUT2D eigenvalue weighted by Crippen LogP contribution is -2.18. The summed E-state index contributed by atoms with van der Waals surface area (Å²) >= 11 is 5.86. The summed E-state index contributed by atoms with van der Waals surface area (Å²) in [6.07, 6.45) is 2.45. The number of benzene rings is 1. The molecule has 0 heterocycles. The van der Waals surface area contributed by atoms with Crippen LogP contribution in [-0.2, 0) is 6.42 Å². The van der Waals surface area contributed by atoms with E-state index in [1.807, 2.05) is 6.07 Å². The first-order valence-corrected chi connectivity index (χ1v) is 5.64. The van der Waals surface area contributed by atoms with E-state index in [1.54, 1.807) is 26.0 Å². The molecule has 0 spiro atoms. The summed E-state index contributed by atoms with van der Waals surface area (Å²) in [6.45, 7) is 3.58. The van der Waals surface area contributed by atoms with Gasteiger partial charge in [0.05, 0.1) is 10.6 Å². The fourth-order valence-corrected chi connectivity index (χ4v) is 1.74. The van der Waals surface area contributed by atoms with Gasteiger partial charge in [0, 0.05) is 0 Å². The van der Waals surface area contributed by atoms with E-state index in [4.69, 9.17) is 11.6 Å². The van der Waals surface area contributed by atoms with E-state index in [9.17, 15) is 10.0 Å². The zero-order chi connectivity index (χ0) is 12.2. The minimum Gasteiger partial charge on any atom is -0.390 e. The van der Waals surface area contributed by atoms with Crippen LogP contribution < -0.4 is 0 Å². The van der Waals surface area contributed by atoms with Gasteiger partial charge >= 0.3 is 0 Å². The van der Waals surface area contributed by atoms with Crippen LogP contribution in [0.15, 0.2) is 23.4 Å². The number of aliphatic hydroxyl groups is 1. The molecule has 0 radical (unpaired) electrons. The van der Waals surface area contributed by atoms with Crippen LogP contribution in [0.3, 0.4) is 0 Å². The topological polar surface area (TPSA) is 49.7 Å². The second kappa shape index (κ2) is 5.41. The molecule has 0 fully saturated rings. The van der Waals surface area contributed by atoms with Crippen molar-refractivity contribution in [3.63, 3.8) is 0 Å². The number of hydrogen-bond donors (Lipinski definition) is 1. The maximum absolute atomic E-state index is 10.3. The molecule has 0 aliphatic rings. The summed E-state index contributed by atoms with van der Waals surface area (Å²) in [5.41, 5.74) is 0.697. The molecule has 3 nitrogen and oxygen atoms in total. The van der Waals surface area contributed by atoms with Gasteiger partial charge in [0.15, 0.2) is 0 Å². The summed E-state index contributed by atoms with van der Waals surface area (Å²) in [6, 6.07) is 5.21. The van der Waals surface area contributed by atoms with Crippen LogP contribution >= 0.6 is 11.6 Å². The van der Waals surface area contributed by atoms with E-state index < -0.39 is 5.60 Å². The van der Waals surface area contributed by atoms with Crippen LogP contribution in [0.2, 0.25) is 5.02 Å². The molecule has 1 N–H and O–H groups in total. The van der Waals surface area contributed by atoms with Crippen LogP contribution in [0.25, 0.3) is 0 Å². The molecule has 0 aliphatic heterocycles. The average Bonchev–Trinajstić information content (AvgIpc) is 2.16. The lowest BCUT2D eigenvalue weighted by Gasteiger charge is -2.16. The smallest absolute Gasteiger partial charge is 0.126 e. The Morgan fingerprint density at radius 2 is 2.12 bits per heavy atom. The minimum atomic E-state index is -0.631. The van der Waals surface area contributed by atoms with Gasteiger partial charge in [0.25, 0.3) is 0 Å². The lowest BCUT2D eigenvalue weighted by molar-refractivity contribution is 0.0689. The van der Waals surface area contributed by atoms with E-state index in [0.29, 0.717) is 5.02 Å². The summed E-state index contributed by atoms with van der Waals surface area (Å²) in [7, 11) is 0. The van der Waals surface area contributed by atoms with Gasteiger partial charge in [-0.15, -0.1) is 4.91 Å². The van der Waals surface area contributed by atoms with Gasteiger partial charge in [0.1, 0.15) is 5.69 Å². The van der Waals surface area contributed by atoms with Crippen LogP contribution in [-0.4, -0.2) is 10.7 Å². The van der Waals surface area contributed by atoms with Crippen molar-refractivity contribution in [3.8, 4) is 0 Å². The number of hydrogen-bond acceptors (Lipinski definition) is 3. The SMILES string of the molecule is CC(C)(O)CCCc1ccc(N=O)c(Cl)c1. The third-order valence-corrected chi connectivity index (χ3v) is 2.67. The van der Waals surface area contributed by atoms with Crippen molar-refractivity contribution in [2.45, 2.75) is 38.7 Å². The summed E-state index contributed by atoms with van der Waals surface area (Å²) in [5.74, 6) is 0.